The molecular formula is C17H15F3N2O. The minimum Gasteiger partial charge on any atom is -0.322 e. The molecule has 1 unspecified atom stereocenters. The lowest BCUT2D eigenvalue weighted by molar-refractivity contribution is -0.172. The highest BCUT2D eigenvalue weighted by atomic mass is 19.4. The molecule has 2 heterocycles. The van der Waals surface area contributed by atoms with Crippen LogP contribution in [0.2, 0.25) is 0 Å². The number of pyridine rings is 1. The lowest BCUT2D eigenvalue weighted by Crippen LogP contribution is -2.43. The van der Waals surface area contributed by atoms with Crippen molar-refractivity contribution >= 4 is 5.91 Å². The summed E-state index contributed by atoms with van der Waals surface area (Å²) in [7, 11) is 0. The van der Waals surface area contributed by atoms with E-state index >= 15 is 0 Å². The van der Waals surface area contributed by atoms with Gasteiger partial charge in [0.2, 0.25) is 0 Å². The third-order valence-corrected chi connectivity index (χ3v) is 4.17. The van der Waals surface area contributed by atoms with Crippen LogP contribution in [0, 0.1) is 6.92 Å². The second-order valence-electron chi connectivity index (χ2n) is 5.72. The summed E-state index contributed by atoms with van der Waals surface area (Å²) in [6.45, 7) is 2.74. The summed E-state index contributed by atoms with van der Waals surface area (Å²) in [6.07, 6.45) is -1.09. The van der Waals surface area contributed by atoms with Crippen LogP contribution in [0.5, 0.6) is 0 Å². The summed E-state index contributed by atoms with van der Waals surface area (Å²) in [5, 5.41) is 0. The van der Waals surface area contributed by atoms with Crippen molar-refractivity contribution in [2.24, 2.45) is 0 Å². The molecule has 120 valence electrons. The molecule has 6 heteroatoms. The van der Waals surface area contributed by atoms with Gasteiger partial charge in [0.05, 0.1) is 0 Å². The maximum atomic E-state index is 12.9. The van der Waals surface area contributed by atoms with Crippen LogP contribution >= 0.6 is 0 Å². The number of rotatable bonds is 2. The molecule has 0 N–H and O–H groups in total. The van der Waals surface area contributed by atoms with Crippen LogP contribution in [-0.4, -0.2) is 28.0 Å². The first-order chi connectivity index (χ1) is 10.8. The quantitative estimate of drug-likeness (QED) is 0.839. The van der Waals surface area contributed by atoms with E-state index in [0.29, 0.717) is 16.7 Å². The fourth-order valence-corrected chi connectivity index (χ4v) is 2.88. The van der Waals surface area contributed by atoms with Crippen LogP contribution in [0.4, 0.5) is 13.2 Å². The first kappa shape index (κ1) is 15.5. The molecule has 0 fully saturated rings. The molecule has 1 aliphatic rings. The minimum atomic E-state index is -4.43. The Morgan fingerprint density at radius 3 is 2.61 bits per heavy atom. The maximum absolute atomic E-state index is 12.9. The van der Waals surface area contributed by atoms with Gasteiger partial charge in [-0.3, -0.25) is 9.78 Å². The molecule has 23 heavy (non-hydrogen) atoms. The molecule has 3 rings (SSSR count). The lowest BCUT2D eigenvalue weighted by atomic mass is 9.97. The van der Waals surface area contributed by atoms with Gasteiger partial charge in [0.1, 0.15) is 6.04 Å². The third kappa shape index (κ3) is 2.69. The number of alkyl halides is 3. The number of hydrogen-bond donors (Lipinski definition) is 0. The van der Waals surface area contributed by atoms with E-state index in [0.717, 1.165) is 23.0 Å². The summed E-state index contributed by atoms with van der Waals surface area (Å²) < 4.78 is 38.8. The van der Waals surface area contributed by atoms with Crippen LogP contribution < -0.4 is 0 Å². The van der Waals surface area contributed by atoms with Crippen molar-refractivity contribution in [2.75, 3.05) is 0 Å². The van der Waals surface area contributed by atoms with E-state index in [1.165, 1.54) is 0 Å². The number of halogens is 3. The number of carbonyl (C=O) groups is 1. The number of aromatic nitrogens is 1. The SMILES string of the molecule is Cc1cc(-c2cccnc2)cc2c1C(=O)N(C(C)C(F)(F)F)C2. The number of fused-ring (bicyclic) bond motifs is 1. The number of hydrogen-bond acceptors (Lipinski definition) is 2. The van der Waals surface area contributed by atoms with Gasteiger partial charge in [0.15, 0.2) is 0 Å². The van der Waals surface area contributed by atoms with Gasteiger partial charge in [-0.1, -0.05) is 12.1 Å². The topological polar surface area (TPSA) is 33.2 Å². The Labute approximate surface area is 131 Å². The molecule has 0 spiro atoms. The van der Waals surface area contributed by atoms with E-state index in [1.807, 2.05) is 12.1 Å². The van der Waals surface area contributed by atoms with E-state index in [9.17, 15) is 18.0 Å². The summed E-state index contributed by atoms with van der Waals surface area (Å²) in [4.78, 5) is 17.3. The van der Waals surface area contributed by atoms with Gasteiger partial charge in [-0.15, -0.1) is 0 Å². The molecule has 3 nitrogen and oxygen atoms in total. The fraction of sp³-hybridized carbons (Fsp3) is 0.294. The standard InChI is InChI=1S/C17H15F3N2O/c1-10-6-13(12-4-3-5-21-8-12)7-14-9-22(16(23)15(10)14)11(2)17(18,19)20/h3-8,11H,9H2,1-2H3. The van der Waals surface area contributed by atoms with Crippen LogP contribution in [0.15, 0.2) is 36.7 Å². The Morgan fingerprint density at radius 1 is 1.26 bits per heavy atom. The van der Waals surface area contributed by atoms with Gasteiger partial charge in [-0.25, -0.2) is 0 Å². The summed E-state index contributed by atoms with van der Waals surface area (Å²) in [6, 6.07) is 5.46. The molecule has 0 radical (unpaired) electrons. The van der Waals surface area contributed by atoms with Crippen LogP contribution in [-0.2, 0) is 6.54 Å². The first-order valence-electron chi connectivity index (χ1n) is 7.20. The van der Waals surface area contributed by atoms with Crippen molar-refractivity contribution in [1.29, 1.82) is 0 Å². The molecule has 1 amide bonds. The normalized spacial score (nSPS) is 15.7. The third-order valence-electron chi connectivity index (χ3n) is 4.17. The van der Waals surface area contributed by atoms with Crippen molar-refractivity contribution in [3.8, 4) is 11.1 Å². The highest BCUT2D eigenvalue weighted by molar-refractivity contribution is 6.00. The monoisotopic (exact) mass is 320 g/mol. The van der Waals surface area contributed by atoms with Crippen LogP contribution in [0.25, 0.3) is 11.1 Å². The maximum Gasteiger partial charge on any atom is 0.408 e. The van der Waals surface area contributed by atoms with Gasteiger partial charge in [0, 0.05) is 30.1 Å². The van der Waals surface area contributed by atoms with Crippen LogP contribution in [0.3, 0.4) is 0 Å². The second kappa shape index (κ2) is 5.37. The van der Waals surface area contributed by atoms with Crippen LogP contribution in [0.1, 0.15) is 28.4 Å². The molecule has 0 aliphatic carbocycles. The van der Waals surface area contributed by atoms with Gasteiger partial charge >= 0.3 is 6.18 Å². The van der Waals surface area contributed by atoms with Crippen molar-refractivity contribution in [3.63, 3.8) is 0 Å². The highest BCUT2D eigenvalue weighted by Crippen LogP contribution is 2.35. The van der Waals surface area contributed by atoms with Gasteiger partial charge in [-0.05, 0) is 42.7 Å². The largest absolute Gasteiger partial charge is 0.408 e. The zero-order chi connectivity index (χ0) is 16.8. The highest BCUT2D eigenvalue weighted by Gasteiger charge is 2.45. The first-order valence-corrected chi connectivity index (χ1v) is 7.20. The Bertz CT molecular complexity index is 756. The number of benzene rings is 1. The zero-order valence-electron chi connectivity index (χ0n) is 12.7. The molecule has 2 aromatic rings. The van der Waals surface area contributed by atoms with E-state index in [1.54, 1.807) is 31.5 Å². The van der Waals surface area contributed by atoms with Crippen molar-refractivity contribution in [2.45, 2.75) is 32.6 Å². The fourth-order valence-electron chi connectivity index (χ4n) is 2.88. The van der Waals surface area contributed by atoms with Crippen molar-refractivity contribution < 1.29 is 18.0 Å². The molecule has 1 aliphatic heterocycles. The molecule has 0 saturated carbocycles. The zero-order valence-corrected chi connectivity index (χ0v) is 12.7. The molecule has 0 saturated heterocycles. The Balaban J connectivity index is 2.01. The Kier molecular flexibility index (Phi) is 3.62. The number of amides is 1. The average Bonchev–Trinajstić information content (AvgIpc) is 2.83. The predicted molar refractivity (Wildman–Crippen MR) is 79.8 cm³/mol. The molecule has 1 atom stereocenters. The van der Waals surface area contributed by atoms with E-state index < -0.39 is 18.1 Å². The van der Waals surface area contributed by atoms with Gasteiger partial charge in [-0.2, -0.15) is 13.2 Å². The molecule has 1 aromatic heterocycles. The van der Waals surface area contributed by atoms with Gasteiger partial charge < -0.3 is 4.90 Å². The number of aryl methyl sites for hydroxylation is 1. The average molecular weight is 320 g/mol. The van der Waals surface area contributed by atoms with Crippen molar-refractivity contribution in [1.82, 2.24) is 9.88 Å². The Hall–Kier alpha value is -2.37. The van der Waals surface area contributed by atoms with E-state index in [4.69, 9.17) is 0 Å². The molecule has 1 aromatic carbocycles. The number of carbonyl (C=O) groups excluding carboxylic acids is 1. The smallest absolute Gasteiger partial charge is 0.322 e. The Morgan fingerprint density at radius 2 is 2.00 bits per heavy atom. The van der Waals surface area contributed by atoms with E-state index in [2.05, 4.69) is 4.98 Å². The van der Waals surface area contributed by atoms with Crippen molar-refractivity contribution in [3.05, 3.63) is 53.3 Å². The lowest BCUT2D eigenvalue weighted by Gasteiger charge is -2.26. The summed E-state index contributed by atoms with van der Waals surface area (Å²) >= 11 is 0. The summed E-state index contributed by atoms with van der Waals surface area (Å²) in [5.74, 6) is -0.555. The van der Waals surface area contributed by atoms with Gasteiger partial charge in [0.25, 0.3) is 5.91 Å². The summed E-state index contributed by atoms with van der Waals surface area (Å²) in [5.41, 5.74) is 3.42. The second-order valence-corrected chi connectivity index (χ2v) is 5.72. The predicted octanol–water partition coefficient (Wildman–Crippen LogP) is 3.96. The molecular weight excluding hydrogens is 305 g/mol. The minimum absolute atomic E-state index is 0.0240. The van der Waals surface area contributed by atoms with E-state index in [-0.39, 0.29) is 6.54 Å². The molecule has 0 bridgehead atoms. The number of nitrogens with zero attached hydrogens (tertiary/aromatic N) is 2.